The molecule has 6 nitrogen and oxygen atoms in total. The van der Waals surface area contributed by atoms with Crippen LogP contribution in [0.25, 0.3) is 0 Å². The van der Waals surface area contributed by atoms with Crippen LogP contribution in [0, 0.1) is 13.8 Å². The molecule has 3 rings (SSSR count). The summed E-state index contributed by atoms with van der Waals surface area (Å²) in [5.74, 6) is -0.354. The molecule has 1 fully saturated rings. The number of carbonyl (C=O) groups is 1. The van der Waals surface area contributed by atoms with Crippen LogP contribution < -0.4 is 9.62 Å². The van der Waals surface area contributed by atoms with Gasteiger partial charge in [0.05, 0.1) is 16.7 Å². The molecule has 0 aromatic heterocycles. The average molecular weight is 403 g/mol. The van der Waals surface area contributed by atoms with Crippen molar-refractivity contribution in [3.05, 3.63) is 59.7 Å². The Morgan fingerprint density at radius 2 is 1.89 bits per heavy atom. The molecule has 0 bridgehead atoms. The van der Waals surface area contributed by atoms with Gasteiger partial charge in [-0.25, -0.2) is 8.42 Å². The molecule has 0 spiro atoms. The van der Waals surface area contributed by atoms with Crippen molar-refractivity contribution in [1.29, 1.82) is 0 Å². The number of sulfonamides is 1. The standard InChI is InChI=1S/C21H26N2O4S/c1-16-8-10-20(11-9-16)28(25,26)23(18-6-3-5-17(2)13-18)15-21(24)22-14-19-7-4-12-27-19/h3,5-6,8-11,13,19H,4,7,12,14-15H2,1-2H3,(H,22,24). The van der Waals surface area contributed by atoms with Gasteiger partial charge in [-0.2, -0.15) is 0 Å². The van der Waals surface area contributed by atoms with E-state index in [-0.39, 0.29) is 23.5 Å². The molecule has 1 aliphatic rings. The Balaban J connectivity index is 1.84. The number of hydrogen-bond acceptors (Lipinski definition) is 4. The molecule has 28 heavy (non-hydrogen) atoms. The SMILES string of the molecule is Cc1ccc(S(=O)(=O)N(CC(=O)NCC2CCCO2)c2cccc(C)c2)cc1. The number of benzene rings is 2. The largest absolute Gasteiger partial charge is 0.376 e. The number of aryl methyl sites for hydroxylation is 2. The molecule has 0 saturated carbocycles. The maximum atomic E-state index is 13.3. The highest BCUT2D eigenvalue weighted by atomic mass is 32.2. The second kappa shape index (κ2) is 8.75. The van der Waals surface area contributed by atoms with Gasteiger partial charge in [0.25, 0.3) is 10.0 Å². The van der Waals surface area contributed by atoms with Crippen molar-refractivity contribution >= 4 is 21.6 Å². The fourth-order valence-corrected chi connectivity index (χ4v) is 4.57. The normalized spacial score (nSPS) is 16.7. The minimum atomic E-state index is -3.88. The molecule has 1 amide bonds. The van der Waals surface area contributed by atoms with Gasteiger partial charge in [-0.15, -0.1) is 0 Å². The van der Waals surface area contributed by atoms with Crippen molar-refractivity contribution in [3.63, 3.8) is 0 Å². The van der Waals surface area contributed by atoms with Crippen LogP contribution in [0.15, 0.2) is 53.4 Å². The lowest BCUT2D eigenvalue weighted by molar-refractivity contribution is -0.120. The second-order valence-electron chi connectivity index (χ2n) is 7.10. The maximum Gasteiger partial charge on any atom is 0.264 e. The predicted molar refractivity (Wildman–Crippen MR) is 109 cm³/mol. The lowest BCUT2D eigenvalue weighted by Gasteiger charge is -2.25. The second-order valence-corrected chi connectivity index (χ2v) is 8.97. The van der Waals surface area contributed by atoms with Crippen LogP contribution in [0.3, 0.4) is 0 Å². The van der Waals surface area contributed by atoms with Crippen molar-refractivity contribution in [3.8, 4) is 0 Å². The molecular weight excluding hydrogens is 376 g/mol. The van der Waals surface area contributed by atoms with Gasteiger partial charge in [0.1, 0.15) is 6.54 Å². The highest BCUT2D eigenvalue weighted by Gasteiger charge is 2.27. The van der Waals surface area contributed by atoms with Gasteiger partial charge in [0, 0.05) is 13.2 Å². The Bertz CT molecular complexity index is 920. The molecule has 1 saturated heterocycles. The number of amides is 1. The Morgan fingerprint density at radius 3 is 2.54 bits per heavy atom. The first kappa shape index (κ1) is 20.4. The zero-order valence-electron chi connectivity index (χ0n) is 16.2. The summed E-state index contributed by atoms with van der Waals surface area (Å²) in [5, 5.41) is 2.80. The van der Waals surface area contributed by atoms with Crippen molar-refractivity contribution in [1.82, 2.24) is 5.32 Å². The average Bonchev–Trinajstić information content (AvgIpc) is 3.18. The van der Waals surface area contributed by atoms with Gasteiger partial charge in [-0.3, -0.25) is 9.10 Å². The van der Waals surface area contributed by atoms with E-state index >= 15 is 0 Å². The Kier molecular flexibility index (Phi) is 6.36. The van der Waals surface area contributed by atoms with E-state index in [2.05, 4.69) is 5.32 Å². The molecule has 1 N–H and O–H groups in total. The molecule has 1 heterocycles. The van der Waals surface area contributed by atoms with Gasteiger partial charge < -0.3 is 10.1 Å². The van der Waals surface area contributed by atoms with E-state index in [9.17, 15) is 13.2 Å². The fraction of sp³-hybridized carbons (Fsp3) is 0.381. The van der Waals surface area contributed by atoms with Crippen LogP contribution in [-0.4, -0.2) is 40.1 Å². The summed E-state index contributed by atoms with van der Waals surface area (Å²) >= 11 is 0. The van der Waals surface area contributed by atoms with Crippen LogP contribution in [0.1, 0.15) is 24.0 Å². The fourth-order valence-electron chi connectivity index (χ4n) is 3.15. The first-order valence-electron chi connectivity index (χ1n) is 9.40. The van der Waals surface area contributed by atoms with Crippen LogP contribution in [-0.2, 0) is 19.6 Å². The Labute approximate surface area is 166 Å². The summed E-state index contributed by atoms with van der Waals surface area (Å²) in [4.78, 5) is 12.7. The number of carbonyl (C=O) groups excluding carboxylic acids is 1. The molecule has 1 atom stereocenters. The number of ether oxygens (including phenoxy) is 1. The van der Waals surface area contributed by atoms with Crippen LogP contribution in [0.5, 0.6) is 0 Å². The maximum absolute atomic E-state index is 13.3. The van der Waals surface area contributed by atoms with Gasteiger partial charge in [0.2, 0.25) is 5.91 Å². The number of rotatable bonds is 7. The van der Waals surface area contributed by atoms with Crippen LogP contribution >= 0.6 is 0 Å². The summed E-state index contributed by atoms with van der Waals surface area (Å²) in [6.07, 6.45) is 1.89. The Morgan fingerprint density at radius 1 is 1.14 bits per heavy atom. The highest BCUT2D eigenvalue weighted by Crippen LogP contribution is 2.24. The van der Waals surface area contributed by atoms with Gasteiger partial charge in [0.15, 0.2) is 0 Å². The number of anilines is 1. The minimum Gasteiger partial charge on any atom is -0.376 e. The first-order chi connectivity index (χ1) is 13.4. The van der Waals surface area contributed by atoms with E-state index in [1.54, 1.807) is 42.5 Å². The molecule has 2 aromatic carbocycles. The van der Waals surface area contributed by atoms with Crippen LogP contribution in [0.4, 0.5) is 5.69 Å². The molecule has 0 aliphatic carbocycles. The van der Waals surface area contributed by atoms with E-state index in [0.717, 1.165) is 28.3 Å². The third-order valence-corrected chi connectivity index (χ3v) is 6.52. The van der Waals surface area contributed by atoms with Crippen molar-refractivity contribution in [2.24, 2.45) is 0 Å². The molecule has 1 aliphatic heterocycles. The zero-order chi connectivity index (χ0) is 20.1. The molecule has 7 heteroatoms. The minimum absolute atomic E-state index is 0.00470. The number of hydrogen-bond donors (Lipinski definition) is 1. The molecule has 2 aromatic rings. The molecule has 0 radical (unpaired) electrons. The number of nitrogens with zero attached hydrogens (tertiary/aromatic N) is 1. The van der Waals surface area contributed by atoms with Gasteiger partial charge >= 0.3 is 0 Å². The number of nitrogens with one attached hydrogen (secondary N) is 1. The highest BCUT2D eigenvalue weighted by molar-refractivity contribution is 7.92. The smallest absolute Gasteiger partial charge is 0.264 e. The van der Waals surface area contributed by atoms with Crippen molar-refractivity contribution in [2.75, 3.05) is 24.0 Å². The van der Waals surface area contributed by atoms with Crippen molar-refractivity contribution < 1.29 is 17.9 Å². The lowest BCUT2D eigenvalue weighted by Crippen LogP contribution is -2.42. The third kappa shape index (κ3) is 4.91. The molecular formula is C21H26N2O4S. The molecule has 1 unspecified atom stereocenters. The quantitative estimate of drug-likeness (QED) is 0.773. The summed E-state index contributed by atoms with van der Waals surface area (Å²) < 4.78 is 33.2. The van der Waals surface area contributed by atoms with Gasteiger partial charge in [-0.1, -0.05) is 29.8 Å². The monoisotopic (exact) mass is 402 g/mol. The van der Waals surface area contributed by atoms with Crippen molar-refractivity contribution in [2.45, 2.75) is 37.7 Å². The van der Waals surface area contributed by atoms with Gasteiger partial charge in [-0.05, 0) is 56.5 Å². The first-order valence-corrected chi connectivity index (χ1v) is 10.8. The summed E-state index contributed by atoms with van der Waals surface area (Å²) in [5.41, 5.74) is 2.35. The summed E-state index contributed by atoms with van der Waals surface area (Å²) in [6, 6.07) is 13.8. The summed E-state index contributed by atoms with van der Waals surface area (Å²) in [7, 11) is -3.88. The van der Waals surface area contributed by atoms with E-state index < -0.39 is 10.0 Å². The van der Waals surface area contributed by atoms with E-state index in [4.69, 9.17) is 4.74 Å². The lowest BCUT2D eigenvalue weighted by atomic mass is 10.2. The van der Waals surface area contributed by atoms with E-state index in [1.807, 2.05) is 19.9 Å². The third-order valence-electron chi connectivity index (χ3n) is 4.74. The predicted octanol–water partition coefficient (Wildman–Crippen LogP) is 2.79. The van der Waals surface area contributed by atoms with E-state index in [1.165, 1.54) is 0 Å². The summed E-state index contributed by atoms with van der Waals surface area (Å²) in [6.45, 7) is 4.60. The topological polar surface area (TPSA) is 75.7 Å². The zero-order valence-corrected chi connectivity index (χ0v) is 17.0. The Hall–Kier alpha value is -2.38. The van der Waals surface area contributed by atoms with Crippen LogP contribution in [0.2, 0.25) is 0 Å². The van der Waals surface area contributed by atoms with E-state index in [0.29, 0.717) is 18.8 Å². The molecule has 150 valence electrons.